The normalized spacial score (nSPS) is 24.3. The third-order valence-electron chi connectivity index (χ3n) is 3.78. The Morgan fingerprint density at radius 3 is 2.35 bits per heavy atom. The molecule has 1 heterocycles. The van der Waals surface area contributed by atoms with Crippen molar-refractivity contribution in [2.75, 3.05) is 13.1 Å². The lowest BCUT2D eigenvalue weighted by Crippen LogP contribution is -2.60. The Bertz CT molecular complexity index is 553. The van der Waals surface area contributed by atoms with Crippen LogP contribution in [-0.4, -0.2) is 46.1 Å². The van der Waals surface area contributed by atoms with Gasteiger partial charge in [0, 0.05) is 18.7 Å². The number of alkyl halides is 3. The molecule has 0 bridgehead atoms. The van der Waals surface area contributed by atoms with E-state index in [2.05, 4.69) is 5.32 Å². The summed E-state index contributed by atoms with van der Waals surface area (Å²) in [6, 6.07) is 7.32. The maximum absolute atomic E-state index is 12.6. The van der Waals surface area contributed by atoms with Gasteiger partial charge in [-0.15, -0.1) is 0 Å². The average molecular weight is 380 g/mol. The molecule has 1 aromatic carbocycles. The van der Waals surface area contributed by atoms with Gasteiger partial charge in [-0.2, -0.15) is 0 Å². The predicted octanol–water partition coefficient (Wildman–Crippen LogP) is 3.53. The van der Waals surface area contributed by atoms with Crippen LogP contribution in [0.15, 0.2) is 24.3 Å². The number of aryl methyl sites for hydroxylation is 1. The summed E-state index contributed by atoms with van der Waals surface area (Å²) in [5.74, 6) is -0.258. The monoisotopic (exact) mass is 378 g/mol. The molecule has 2 rings (SSSR count). The van der Waals surface area contributed by atoms with Crippen molar-refractivity contribution in [2.24, 2.45) is 0 Å². The van der Waals surface area contributed by atoms with Crippen LogP contribution in [0.3, 0.4) is 0 Å². The first-order valence-corrected chi connectivity index (χ1v) is 8.64. The van der Waals surface area contributed by atoms with Crippen LogP contribution in [0, 0.1) is 6.92 Å². The number of hydrogen-bond donors (Lipinski definition) is 1. The van der Waals surface area contributed by atoms with Gasteiger partial charge in [0.2, 0.25) is 3.79 Å². The summed E-state index contributed by atoms with van der Waals surface area (Å²) >= 11 is 18.4. The van der Waals surface area contributed by atoms with Gasteiger partial charge in [-0.3, -0.25) is 9.69 Å². The zero-order valence-electron chi connectivity index (χ0n) is 13.4. The molecule has 1 amide bonds. The van der Waals surface area contributed by atoms with Crippen LogP contribution in [0.2, 0.25) is 0 Å². The zero-order chi connectivity index (χ0) is 17.2. The van der Waals surface area contributed by atoms with Crippen molar-refractivity contribution in [3.8, 4) is 0 Å². The molecule has 1 aromatic rings. The standard InChI is InChI=1S/C16H21Cl3N2O2/c1-10-6-4-5-7-13(10)14(22)20-15(16(17,18)19)21-8-11(2)23-12(3)9-21/h4-7,11-12,15H,8-9H2,1-3H3,(H,20,22)/t11-,12-,15-/m0/s1. The average Bonchev–Trinajstić information content (AvgIpc) is 2.42. The zero-order valence-corrected chi connectivity index (χ0v) is 15.6. The van der Waals surface area contributed by atoms with Gasteiger partial charge in [0.1, 0.15) is 6.17 Å². The third-order valence-corrected chi connectivity index (χ3v) is 4.40. The first-order valence-electron chi connectivity index (χ1n) is 7.51. The number of nitrogens with zero attached hydrogens (tertiary/aromatic N) is 1. The quantitative estimate of drug-likeness (QED) is 0.817. The van der Waals surface area contributed by atoms with Gasteiger partial charge >= 0.3 is 0 Å². The molecule has 0 spiro atoms. The van der Waals surface area contributed by atoms with Crippen molar-refractivity contribution in [1.82, 2.24) is 10.2 Å². The molecule has 1 aliphatic rings. The summed E-state index contributed by atoms with van der Waals surface area (Å²) in [5, 5.41) is 2.86. The molecule has 128 valence electrons. The number of nitrogens with one attached hydrogen (secondary N) is 1. The van der Waals surface area contributed by atoms with Crippen LogP contribution in [0.5, 0.6) is 0 Å². The van der Waals surface area contributed by atoms with E-state index in [9.17, 15) is 4.79 Å². The number of carbonyl (C=O) groups is 1. The minimum atomic E-state index is -1.64. The summed E-state index contributed by atoms with van der Waals surface area (Å²) in [7, 11) is 0. The molecule has 23 heavy (non-hydrogen) atoms. The number of amides is 1. The lowest BCUT2D eigenvalue weighted by molar-refractivity contribution is -0.0826. The molecule has 0 unspecified atom stereocenters. The molecular weight excluding hydrogens is 359 g/mol. The van der Waals surface area contributed by atoms with Crippen molar-refractivity contribution in [3.63, 3.8) is 0 Å². The Kier molecular flexibility index (Phi) is 6.20. The van der Waals surface area contributed by atoms with Crippen LogP contribution in [0.4, 0.5) is 0 Å². The summed E-state index contributed by atoms with van der Waals surface area (Å²) in [4.78, 5) is 14.5. The smallest absolute Gasteiger partial charge is 0.252 e. The van der Waals surface area contributed by atoms with Gasteiger partial charge in [-0.05, 0) is 32.4 Å². The second-order valence-corrected chi connectivity index (χ2v) is 8.31. The molecule has 4 nitrogen and oxygen atoms in total. The van der Waals surface area contributed by atoms with E-state index < -0.39 is 9.96 Å². The molecule has 0 radical (unpaired) electrons. The fraction of sp³-hybridized carbons (Fsp3) is 0.562. The van der Waals surface area contributed by atoms with E-state index in [0.717, 1.165) is 5.56 Å². The number of hydrogen-bond acceptors (Lipinski definition) is 3. The molecule has 0 aliphatic carbocycles. The molecule has 1 aliphatic heterocycles. The number of morpholine rings is 1. The summed E-state index contributed by atoms with van der Waals surface area (Å²) in [6.45, 7) is 6.95. The van der Waals surface area contributed by atoms with E-state index in [1.807, 2.05) is 43.9 Å². The van der Waals surface area contributed by atoms with Crippen molar-refractivity contribution in [1.29, 1.82) is 0 Å². The Hall–Kier alpha value is -0.520. The van der Waals surface area contributed by atoms with Gasteiger partial charge in [0.15, 0.2) is 0 Å². The molecule has 1 saturated heterocycles. The second-order valence-electron chi connectivity index (χ2n) is 5.94. The lowest BCUT2D eigenvalue weighted by Gasteiger charge is -2.42. The number of rotatable bonds is 3. The van der Waals surface area contributed by atoms with E-state index >= 15 is 0 Å². The van der Waals surface area contributed by atoms with Gasteiger partial charge < -0.3 is 10.1 Å². The Balaban J connectivity index is 2.20. The highest BCUT2D eigenvalue weighted by atomic mass is 35.6. The molecule has 0 aromatic heterocycles. The minimum absolute atomic E-state index is 0.00367. The van der Waals surface area contributed by atoms with Crippen molar-refractivity contribution in [3.05, 3.63) is 35.4 Å². The summed E-state index contributed by atoms with van der Waals surface area (Å²) < 4.78 is 4.06. The number of benzene rings is 1. The Morgan fingerprint density at radius 2 is 1.83 bits per heavy atom. The maximum atomic E-state index is 12.6. The predicted molar refractivity (Wildman–Crippen MR) is 94.3 cm³/mol. The van der Waals surface area contributed by atoms with Crippen molar-refractivity contribution < 1.29 is 9.53 Å². The summed E-state index contributed by atoms with van der Waals surface area (Å²) in [5.41, 5.74) is 1.44. The van der Waals surface area contributed by atoms with Gasteiger partial charge in [-0.25, -0.2) is 0 Å². The first kappa shape index (κ1) is 18.8. The van der Waals surface area contributed by atoms with Gasteiger partial charge in [0.25, 0.3) is 5.91 Å². The highest BCUT2D eigenvalue weighted by Gasteiger charge is 2.41. The molecule has 7 heteroatoms. The third kappa shape index (κ3) is 4.97. The topological polar surface area (TPSA) is 41.6 Å². The van der Waals surface area contributed by atoms with E-state index in [4.69, 9.17) is 39.5 Å². The number of carbonyl (C=O) groups excluding carboxylic acids is 1. The second kappa shape index (κ2) is 7.58. The first-order chi connectivity index (χ1) is 10.7. The van der Waals surface area contributed by atoms with Crippen LogP contribution in [0.1, 0.15) is 29.8 Å². The van der Waals surface area contributed by atoms with Gasteiger partial charge in [-0.1, -0.05) is 53.0 Å². The maximum Gasteiger partial charge on any atom is 0.252 e. The molecular formula is C16H21Cl3N2O2. The van der Waals surface area contributed by atoms with Crippen molar-refractivity contribution >= 4 is 40.7 Å². The van der Waals surface area contributed by atoms with Gasteiger partial charge in [0.05, 0.1) is 12.2 Å². The van der Waals surface area contributed by atoms with Crippen molar-refractivity contribution in [2.45, 2.75) is 42.9 Å². The minimum Gasteiger partial charge on any atom is -0.373 e. The largest absolute Gasteiger partial charge is 0.373 e. The fourth-order valence-corrected chi connectivity index (χ4v) is 3.42. The number of halogens is 3. The van der Waals surface area contributed by atoms with Crippen LogP contribution < -0.4 is 5.32 Å². The van der Waals surface area contributed by atoms with Crippen LogP contribution >= 0.6 is 34.8 Å². The van der Waals surface area contributed by atoms with E-state index in [0.29, 0.717) is 18.7 Å². The fourth-order valence-electron chi connectivity index (χ4n) is 2.84. The van der Waals surface area contributed by atoms with Crippen LogP contribution in [-0.2, 0) is 4.74 Å². The Labute approximate surface area is 152 Å². The molecule has 1 N–H and O–H groups in total. The lowest BCUT2D eigenvalue weighted by atomic mass is 10.1. The molecule has 0 saturated carbocycles. The number of ether oxygens (including phenoxy) is 1. The Morgan fingerprint density at radius 1 is 1.26 bits per heavy atom. The van der Waals surface area contributed by atoms with E-state index in [1.54, 1.807) is 6.07 Å². The highest BCUT2D eigenvalue weighted by molar-refractivity contribution is 6.68. The summed E-state index contributed by atoms with van der Waals surface area (Å²) in [6.07, 6.45) is -0.721. The molecule has 3 atom stereocenters. The van der Waals surface area contributed by atoms with Crippen LogP contribution in [0.25, 0.3) is 0 Å². The van der Waals surface area contributed by atoms with E-state index in [-0.39, 0.29) is 18.1 Å². The van der Waals surface area contributed by atoms with E-state index in [1.165, 1.54) is 0 Å². The molecule has 1 fully saturated rings. The SMILES string of the molecule is Cc1ccccc1C(=O)N[C@@H](N1C[C@H](C)O[C@@H](C)C1)C(Cl)(Cl)Cl. The highest BCUT2D eigenvalue weighted by Crippen LogP contribution is 2.33.